The van der Waals surface area contributed by atoms with Crippen molar-refractivity contribution in [2.75, 3.05) is 5.73 Å². The summed E-state index contributed by atoms with van der Waals surface area (Å²) in [5.41, 5.74) is 6.49. The molecule has 4 heteroatoms. The zero-order valence-electron chi connectivity index (χ0n) is 7.53. The molecular weight excluding hydrogens is 170 g/mol. The Labute approximate surface area is 76.8 Å². The SMILES string of the molecule is Cc1cc(N)nc(SC(C)C)n1. The number of nitrogens with zero attached hydrogens (tertiary/aromatic N) is 2. The first-order chi connectivity index (χ1) is 5.58. The lowest BCUT2D eigenvalue weighted by Gasteiger charge is -2.04. The molecule has 0 aliphatic carbocycles. The van der Waals surface area contributed by atoms with Gasteiger partial charge in [0.1, 0.15) is 5.82 Å². The first-order valence-corrected chi connectivity index (χ1v) is 4.73. The second-order valence-corrected chi connectivity index (χ2v) is 4.43. The standard InChI is InChI=1S/C8H13N3S/c1-5(2)12-8-10-6(3)4-7(9)11-8/h4-5H,1-3H3,(H2,9,10,11). The number of thioether (sulfide) groups is 1. The van der Waals surface area contributed by atoms with Crippen molar-refractivity contribution in [3.05, 3.63) is 11.8 Å². The van der Waals surface area contributed by atoms with E-state index < -0.39 is 0 Å². The summed E-state index contributed by atoms with van der Waals surface area (Å²) in [6.45, 7) is 6.13. The molecule has 0 aliphatic heterocycles. The van der Waals surface area contributed by atoms with Gasteiger partial charge in [-0.05, 0) is 6.92 Å². The van der Waals surface area contributed by atoms with Gasteiger partial charge in [0.05, 0.1) is 0 Å². The summed E-state index contributed by atoms with van der Waals surface area (Å²) < 4.78 is 0. The highest BCUT2D eigenvalue weighted by molar-refractivity contribution is 7.99. The summed E-state index contributed by atoms with van der Waals surface area (Å²) in [4.78, 5) is 8.35. The lowest BCUT2D eigenvalue weighted by molar-refractivity contribution is 0.931. The lowest BCUT2D eigenvalue weighted by Crippen LogP contribution is -1.98. The van der Waals surface area contributed by atoms with Gasteiger partial charge in [-0.1, -0.05) is 25.6 Å². The van der Waals surface area contributed by atoms with Crippen LogP contribution < -0.4 is 5.73 Å². The molecule has 0 bridgehead atoms. The maximum absolute atomic E-state index is 5.57. The Kier molecular flexibility index (Phi) is 2.92. The highest BCUT2D eigenvalue weighted by Gasteiger charge is 2.02. The summed E-state index contributed by atoms with van der Waals surface area (Å²) in [5, 5.41) is 1.26. The molecule has 0 amide bonds. The van der Waals surface area contributed by atoms with E-state index >= 15 is 0 Å². The van der Waals surface area contributed by atoms with Crippen LogP contribution in [0.25, 0.3) is 0 Å². The van der Waals surface area contributed by atoms with Gasteiger partial charge in [-0.25, -0.2) is 9.97 Å². The largest absolute Gasteiger partial charge is 0.384 e. The topological polar surface area (TPSA) is 51.8 Å². The van der Waals surface area contributed by atoms with Crippen LogP contribution in [0.1, 0.15) is 19.5 Å². The average molecular weight is 183 g/mol. The van der Waals surface area contributed by atoms with Crippen molar-refractivity contribution in [1.82, 2.24) is 9.97 Å². The van der Waals surface area contributed by atoms with Crippen molar-refractivity contribution in [3.63, 3.8) is 0 Å². The first-order valence-electron chi connectivity index (χ1n) is 3.85. The number of hydrogen-bond donors (Lipinski definition) is 1. The molecule has 0 aliphatic rings. The first kappa shape index (κ1) is 9.32. The van der Waals surface area contributed by atoms with E-state index in [-0.39, 0.29) is 0 Å². The predicted octanol–water partition coefficient (Wildman–Crippen LogP) is 1.87. The fourth-order valence-electron chi connectivity index (χ4n) is 0.828. The van der Waals surface area contributed by atoms with Crippen LogP contribution >= 0.6 is 11.8 Å². The van der Waals surface area contributed by atoms with E-state index in [1.165, 1.54) is 0 Å². The number of nitrogen functional groups attached to an aromatic ring is 1. The van der Waals surface area contributed by atoms with E-state index in [1.807, 2.05) is 6.92 Å². The van der Waals surface area contributed by atoms with Crippen LogP contribution in [0, 0.1) is 6.92 Å². The Balaban J connectivity index is 2.85. The molecule has 12 heavy (non-hydrogen) atoms. The van der Waals surface area contributed by atoms with E-state index in [2.05, 4.69) is 23.8 Å². The molecule has 0 saturated carbocycles. The van der Waals surface area contributed by atoms with Crippen LogP contribution in [0.5, 0.6) is 0 Å². The van der Waals surface area contributed by atoms with Gasteiger partial charge in [0, 0.05) is 17.0 Å². The minimum atomic E-state index is 0.492. The Morgan fingerprint density at radius 1 is 1.42 bits per heavy atom. The van der Waals surface area contributed by atoms with Crippen molar-refractivity contribution < 1.29 is 0 Å². The molecule has 1 rings (SSSR count). The van der Waals surface area contributed by atoms with Gasteiger partial charge >= 0.3 is 0 Å². The Morgan fingerprint density at radius 3 is 2.58 bits per heavy atom. The molecule has 0 unspecified atom stereocenters. The van der Waals surface area contributed by atoms with Gasteiger partial charge in [0.15, 0.2) is 5.16 Å². The molecule has 1 aromatic heterocycles. The summed E-state index contributed by atoms with van der Waals surface area (Å²) in [7, 11) is 0. The molecule has 0 atom stereocenters. The van der Waals surface area contributed by atoms with Crippen molar-refractivity contribution in [2.24, 2.45) is 0 Å². The number of aryl methyl sites for hydroxylation is 1. The average Bonchev–Trinajstić information content (AvgIpc) is 1.81. The third-order valence-corrected chi connectivity index (χ3v) is 2.06. The van der Waals surface area contributed by atoms with Crippen LogP contribution in [0.15, 0.2) is 11.2 Å². The minimum Gasteiger partial charge on any atom is -0.384 e. The lowest BCUT2D eigenvalue weighted by atomic mass is 10.4. The molecule has 2 N–H and O–H groups in total. The molecule has 0 radical (unpaired) electrons. The fraction of sp³-hybridized carbons (Fsp3) is 0.500. The van der Waals surface area contributed by atoms with E-state index in [1.54, 1.807) is 17.8 Å². The van der Waals surface area contributed by atoms with Crippen molar-refractivity contribution in [1.29, 1.82) is 0 Å². The highest BCUT2D eigenvalue weighted by atomic mass is 32.2. The zero-order chi connectivity index (χ0) is 9.14. The minimum absolute atomic E-state index is 0.492. The maximum Gasteiger partial charge on any atom is 0.189 e. The summed E-state index contributed by atoms with van der Waals surface area (Å²) in [6.07, 6.45) is 0. The number of nitrogens with two attached hydrogens (primary N) is 1. The van der Waals surface area contributed by atoms with Gasteiger partial charge < -0.3 is 5.73 Å². The summed E-state index contributed by atoms with van der Waals surface area (Å²) >= 11 is 1.62. The van der Waals surface area contributed by atoms with E-state index in [4.69, 9.17) is 5.73 Å². The number of hydrogen-bond acceptors (Lipinski definition) is 4. The van der Waals surface area contributed by atoms with E-state index in [0.29, 0.717) is 11.1 Å². The Hall–Kier alpha value is -0.770. The normalized spacial score (nSPS) is 10.7. The van der Waals surface area contributed by atoms with Crippen LogP contribution in [0.2, 0.25) is 0 Å². The number of anilines is 1. The molecule has 1 aromatic rings. The quantitative estimate of drug-likeness (QED) is 0.561. The molecule has 0 spiro atoms. The smallest absolute Gasteiger partial charge is 0.189 e. The maximum atomic E-state index is 5.57. The van der Waals surface area contributed by atoms with Gasteiger partial charge in [-0.3, -0.25) is 0 Å². The Bertz CT molecular complexity index is 253. The predicted molar refractivity (Wildman–Crippen MR) is 52.2 cm³/mol. The molecule has 0 aromatic carbocycles. The monoisotopic (exact) mass is 183 g/mol. The van der Waals surface area contributed by atoms with Crippen LogP contribution in [-0.4, -0.2) is 15.2 Å². The van der Waals surface area contributed by atoms with Crippen LogP contribution in [0.4, 0.5) is 5.82 Å². The van der Waals surface area contributed by atoms with Gasteiger partial charge in [-0.2, -0.15) is 0 Å². The molecule has 66 valence electrons. The number of aromatic nitrogens is 2. The van der Waals surface area contributed by atoms with Crippen molar-refractivity contribution in [3.8, 4) is 0 Å². The highest BCUT2D eigenvalue weighted by Crippen LogP contribution is 2.19. The summed E-state index contributed by atoms with van der Waals surface area (Å²) in [6, 6.07) is 1.77. The third kappa shape index (κ3) is 2.70. The van der Waals surface area contributed by atoms with Crippen molar-refractivity contribution >= 4 is 17.6 Å². The van der Waals surface area contributed by atoms with E-state index in [9.17, 15) is 0 Å². The van der Waals surface area contributed by atoms with E-state index in [0.717, 1.165) is 10.9 Å². The second kappa shape index (κ2) is 3.76. The third-order valence-electron chi connectivity index (χ3n) is 1.19. The Morgan fingerprint density at radius 2 is 2.08 bits per heavy atom. The second-order valence-electron chi connectivity index (χ2n) is 2.88. The van der Waals surface area contributed by atoms with Crippen molar-refractivity contribution in [2.45, 2.75) is 31.2 Å². The van der Waals surface area contributed by atoms with Crippen LogP contribution in [0.3, 0.4) is 0 Å². The van der Waals surface area contributed by atoms with Gasteiger partial charge in [0.2, 0.25) is 0 Å². The molecule has 1 heterocycles. The zero-order valence-corrected chi connectivity index (χ0v) is 8.35. The summed E-state index contributed by atoms with van der Waals surface area (Å²) in [5.74, 6) is 0.547. The van der Waals surface area contributed by atoms with Gasteiger partial charge in [-0.15, -0.1) is 0 Å². The number of rotatable bonds is 2. The molecule has 0 saturated heterocycles. The molecule has 3 nitrogen and oxygen atoms in total. The molecule has 0 fully saturated rings. The van der Waals surface area contributed by atoms with Gasteiger partial charge in [0.25, 0.3) is 0 Å². The van der Waals surface area contributed by atoms with Crippen LogP contribution in [-0.2, 0) is 0 Å². The molecular formula is C8H13N3S. The fourth-order valence-corrected chi connectivity index (χ4v) is 1.60.